The van der Waals surface area contributed by atoms with Crippen molar-refractivity contribution in [3.8, 4) is 0 Å². The van der Waals surface area contributed by atoms with E-state index in [0.29, 0.717) is 5.92 Å². The topological polar surface area (TPSA) is 28.2 Å². The van der Waals surface area contributed by atoms with Gasteiger partial charge in [-0.05, 0) is 39.3 Å². The third-order valence-electron chi connectivity index (χ3n) is 3.69. The first kappa shape index (κ1) is 11.6. The molecule has 17 heavy (non-hydrogen) atoms. The summed E-state index contributed by atoms with van der Waals surface area (Å²) in [5.41, 5.74) is 1.24. The molecule has 0 amide bonds. The van der Waals surface area contributed by atoms with Gasteiger partial charge in [-0.1, -0.05) is 0 Å². The molecule has 3 rings (SSSR count). The molecule has 1 saturated heterocycles. The SMILES string of the molecule is CN1CCCC(c2nc(CNC3CC3)cs2)C1. The van der Waals surface area contributed by atoms with Crippen molar-refractivity contribution in [1.82, 2.24) is 15.2 Å². The maximum atomic E-state index is 4.80. The third kappa shape index (κ3) is 3.06. The highest BCUT2D eigenvalue weighted by atomic mass is 32.1. The summed E-state index contributed by atoms with van der Waals surface area (Å²) in [6.07, 6.45) is 5.33. The Morgan fingerprint density at radius 3 is 3.12 bits per heavy atom. The molecule has 3 nitrogen and oxygen atoms in total. The van der Waals surface area contributed by atoms with Crippen LogP contribution >= 0.6 is 11.3 Å². The van der Waals surface area contributed by atoms with Gasteiger partial charge in [0.15, 0.2) is 0 Å². The smallest absolute Gasteiger partial charge is 0.0972 e. The first-order chi connectivity index (χ1) is 8.31. The predicted molar refractivity (Wildman–Crippen MR) is 71.4 cm³/mol. The number of nitrogens with zero attached hydrogens (tertiary/aromatic N) is 2. The van der Waals surface area contributed by atoms with Crippen molar-refractivity contribution in [2.45, 2.75) is 44.2 Å². The van der Waals surface area contributed by atoms with Gasteiger partial charge in [0.25, 0.3) is 0 Å². The quantitative estimate of drug-likeness (QED) is 0.889. The van der Waals surface area contributed by atoms with Crippen molar-refractivity contribution >= 4 is 11.3 Å². The molecule has 4 heteroatoms. The number of hydrogen-bond acceptors (Lipinski definition) is 4. The van der Waals surface area contributed by atoms with E-state index in [1.54, 1.807) is 0 Å². The molecule has 1 aromatic heterocycles. The van der Waals surface area contributed by atoms with Gasteiger partial charge >= 0.3 is 0 Å². The van der Waals surface area contributed by atoms with E-state index in [0.717, 1.165) is 12.6 Å². The Morgan fingerprint density at radius 1 is 1.47 bits per heavy atom. The Balaban J connectivity index is 1.58. The van der Waals surface area contributed by atoms with Crippen LogP contribution < -0.4 is 5.32 Å². The van der Waals surface area contributed by atoms with Crippen LogP contribution in [-0.2, 0) is 6.54 Å². The maximum absolute atomic E-state index is 4.80. The molecular weight excluding hydrogens is 230 g/mol. The van der Waals surface area contributed by atoms with Gasteiger partial charge in [0.1, 0.15) is 0 Å². The second-order valence-electron chi connectivity index (χ2n) is 5.43. The Labute approximate surface area is 107 Å². The lowest BCUT2D eigenvalue weighted by Crippen LogP contribution is -2.30. The van der Waals surface area contributed by atoms with Gasteiger partial charge in [-0.2, -0.15) is 0 Å². The number of piperidine rings is 1. The molecular formula is C13H21N3S. The molecule has 0 aromatic carbocycles. The highest BCUT2D eigenvalue weighted by Gasteiger charge is 2.23. The van der Waals surface area contributed by atoms with Crippen LogP contribution in [0, 0.1) is 0 Å². The molecule has 1 unspecified atom stereocenters. The Morgan fingerprint density at radius 2 is 2.35 bits per heavy atom. The Bertz CT molecular complexity index is 372. The van der Waals surface area contributed by atoms with Crippen LogP contribution in [0.3, 0.4) is 0 Å². The fraction of sp³-hybridized carbons (Fsp3) is 0.769. The van der Waals surface area contributed by atoms with Crippen molar-refractivity contribution < 1.29 is 0 Å². The van der Waals surface area contributed by atoms with Gasteiger partial charge in [0, 0.05) is 30.4 Å². The lowest BCUT2D eigenvalue weighted by atomic mass is 9.99. The standard InChI is InChI=1S/C13H21N3S/c1-16-6-2-3-10(8-16)13-15-12(9-17-13)7-14-11-4-5-11/h9-11,14H,2-8H2,1H3. The fourth-order valence-corrected chi connectivity index (χ4v) is 3.44. The van der Waals surface area contributed by atoms with Crippen LogP contribution in [0.2, 0.25) is 0 Å². The normalized spacial score (nSPS) is 26.3. The number of rotatable bonds is 4. The molecule has 0 radical (unpaired) electrons. The minimum absolute atomic E-state index is 0.674. The summed E-state index contributed by atoms with van der Waals surface area (Å²) >= 11 is 1.85. The zero-order chi connectivity index (χ0) is 11.7. The van der Waals surface area contributed by atoms with E-state index in [-0.39, 0.29) is 0 Å². The van der Waals surface area contributed by atoms with Crippen LogP contribution in [-0.4, -0.2) is 36.1 Å². The highest BCUT2D eigenvalue weighted by molar-refractivity contribution is 7.09. The average Bonchev–Trinajstić information content (AvgIpc) is 3.04. The van der Waals surface area contributed by atoms with Crippen LogP contribution in [0.4, 0.5) is 0 Å². The number of nitrogens with one attached hydrogen (secondary N) is 1. The largest absolute Gasteiger partial charge is 0.308 e. The third-order valence-corrected chi connectivity index (χ3v) is 4.75. The molecule has 1 aliphatic heterocycles. The lowest BCUT2D eigenvalue weighted by molar-refractivity contribution is 0.250. The molecule has 1 aliphatic carbocycles. The first-order valence-corrected chi connectivity index (χ1v) is 7.55. The molecule has 2 fully saturated rings. The zero-order valence-electron chi connectivity index (χ0n) is 10.5. The van der Waals surface area contributed by atoms with Crippen molar-refractivity contribution in [2.24, 2.45) is 0 Å². The molecule has 0 spiro atoms. The molecule has 1 atom stereocenters. The van der Waals surface area contributed by atoms with Gasteiger partial charge in [-0.3, -0.25) is 0 Å². The van der Waals surface area contributed by atoms with E-state index in [9.17, 15) is 0 Å². The summed E-state index contributed by atoms with van der Waals surface area (Å²) in [5.74, 6) is 0.674. The highest BCUT2D eigenvalue weighted by Crippen LogP contribution is 2.28. The van der Waals surface area contributed by atoms with Crippen molar-refractivity contribution in [1.29, 1.82) is 0 Å². The average molecular weight is 251 g/mol. The molecule has 2 aliphatic rings. The number of likely N-dealkylation sites (tertiary alicyclic amines) is 1. The lowest BCUT2D eigenvalue weighted by Gasteiger charge is -2.28. The summed E-state index contributed by atoms with van der Waals surface area (Å²) in [7, 11) is 2.22. The van der Waals surface area contributed by atoms with Crippen LogP contribution in [0.15, 0.2) is 5.38 Å². The summed E-state index contributed by atoms with van der Waals surface area (Å²) in [5, 5.41) is 7.12. The molecule has 94 valence electrons. The maximum Gasteiger partial charge on any atom is 0.0972 e. The van der Waals surface area contributed by atoms with Crippen LogP contribution in [0.1, 0.15) is 42.3 Å². The van der Waals surface area contributed by atoms with Crippen molar-refractivity contribution in [3.63, 3.8) is 0 Å². The van der Waals surface area contributed by atoms with Crippen LogP contribution in [0.5, 0.6) is 0 Å². The van der Waals surface area contributed by atoms with E-state index in [2.05, 4.69) is 22.6 Å². The number of hydrogen-bond donors (Lipinski definition) is 1. The van der Waals surface area contributed by atoms with Gasteiger partial charge in [-0.15, -0.1) is 11.3 Å². The van der Waals surface area contributed by atoms with E-state index in [4.69, 9.17) is 4.98 Å². The molecule has 2 heterocycles. The summed E-state index contributed by atoms with van der Waals surface area (Å²) in [6, 6.07) is 0.779. The van der Waals surface area contributed by atoms with Crippen molar-refractivity contribution in [2.75, 3.05) is 20.1 Å². The Kier molecular flexibility index (Phi) is 3.45. The van der Waals surface area contributed by atoms with E-state index < -0.39 is 0 Å². The molecule has 1 N–H and O–H groups in total. The number of thiazole rings is 1. The second-order valence-corrected chi connectivity index (χ2v) is 6.32. The predicted octanol–water partition coefficient (Wildman–Crippen LogP) is 2.20. The number of likely N-dealkylation sites (N-methyl/N-ethyl adjacent to an activating group) is 1. The van der Waals surface area contributed by atoms with Crippen LogP contribution in [0.25, 0.3) is 0 Å². The minimum atomic E-state index is 0.674. The van der Waals surface area contributed by atoms with Crippen molar-refractivity contribution in [3.05, 3.63) is 16.1 Å². The van der Waals surface area contributed by atoms with E-state index in [1.165, 1.54) is 49.5 Å². The van der Waals surface area contributed by atoms with Gasteiger partial charge in [0.05, 0.1) is 10.7 Å². The summed E-state index contributed by atoms with van der Waals surface area (Å²) < 4.78 is 0. The first-order valence-electron chi connectivity index (χ1n) is 6.67. The van der Waals surface area contributed by atoms with E-state index >= 15 is 0 Å². The monoisotopic (exact) mass is 251 g/mol. The zero-order valence-corrected chi connectivity index (χ0v) is 11.3. The van der Waals surface area contributed by atoms with Gasteiger partial charge < -0.3 is 10.2 Å². The molecule has 0 bridgehead atoms. The van der Waals surface area contributed by atoms with Gasteiger partial charge in [-0.25, -0.2) is 4.98 Å². The second kappa shape index (κ2) is 5.04. The molecule has 1 saturated carbocycles. The van der Waals surface area contributed by atoms with Gasteiger partial charge in [0.2, 0.25) is 0 Å². The summed E-state index contributed by atoms with van der Waals surface area (Å²) in [4.78, 5) is 7.23. The molecule has 1 aromatic rings. The minimum Gasteiger partial charge on any atom is -0.308 e. The number of aromatic nitrogens is 1. The summed E-state index contributed by atoms with van der Waals surface area (Å²) in [6.45, 7) is 3.39. The Hall–Kier alpha value is -0.450. The van der Waals surface area contributed by atoms with E-state index in [1.807, 2.05) is 11.3 Å². The fourth-order valence-electron chi connectivity index (χ4n) is 2.50.